The van der Waals surface area contributed by atoms with Crippen LogP contribution in [0.4, 0.5) is 13.2 Å². The van der Waals surface area contributed by atoms with Gasteiger partial charge in [0.2, 0.25) is 0 Å². The molecule has 6 atom stereocenters. The van der Waals surface area contributed by atoms with E-state index in [4.69, 9.17) is 9.47 Å². The molecule has 0 aliphatic heterocycles. The van der Waals surface area contributed by atoms with Gasteiger partial charge in [-0.25, -0.2) is 0 Å². The first-order valence-corrected chi connectivity index (χ1v) is 13.5. The number of carbonyl (C=O) groups is 1. The molecule has 0 unspecified atom stereocenters. The van der Waals surface area contributed by atoms with E-state index in [1.807, 2.05) is 49.4 Å². The molecule has 0 saturated heterocycles. The highest BCUT2D eigenvalue weighted by Gasteiger charge is 2.66. The van der Waals surface area contributed by atoms with Crippen LogP contribution in [0.25, 0.3) is 10.8 Å². The average Bonchev–Trinajstić information content (AvgIpc) is 2.88. The third-order valence-corrected chi connectivity index (χ3v) is 9.26. The molecule has 7 heteroatoms. The minimum Gasteiger partial charge on any atom is -0.459 e. The monoisotopic (exact) mass is 540 g/mol. The predicted octanol–water partition coefficient (Wildman–Crippen LogP) is 6.88. The zero-order chi connectivity index (χ0) is 28.0. The predicted molar refractivity (Wildman–Crippen MR) is 143 cm³/mol. The Bertz CT molecular complexity index is 1320. The summed E-state index contributed by atoms with van der Waals surface area (Å²) in [5.41, 5.74) is 0.402. The van der Waals surface area contributed by atoms with Gasteiger partial charge in [0, 0.05) is 0 Å². The maximum absolute atomic E-state index is 14.1. The highest BCUT2D eigenvalue weighted by molar-refractivity contribution is 5.85. The lowest BCUT2D eigenvalue weighted by atomic mass is 9.43. The minimum absolute atomic E-state index is 0.00936. The number of carbonyl (C=O) groups excluding carboxylic acids is 1. The molecule has 3 saturated carbocycles. The molecule has 3 aliphatic rings. The molecule has 39 heavy (non-hydrogen) atoms. The van der Waals surface area contributed by atoms with Gasteiger partial charge in [0.25, 0.3) is 0 Å². The molecule has 0 spiro atoms. The van der Waals surface area contributed by atoms with Crippen molar-refractivity contribution in [1.29, 1.82) is 0 Å². The Morgan fingerprint density at radius 1 is 0.974 bits per heavy atom. The van der Waals surface area contributed by atoms with Crippen molar-refractivity contribution >= 4 is 16.7 Å². The van der Waals surface area contributed by atoms with Crippen molar-refractivity contribution in [1.82, 2.24) is 0 Å². The van der Waals surface area contributed by atoms with Crippen LogP contribution < -0.4 is 0 Å². The van der Waals surface area contributed by atoms with Crippen molar-refractivity contribution in [3.8, 4) is 0 Å². The first kappa shape index (κ1) is 27.7. The third-order valence-electron chi connectivity index (χ3n) is 9.26. The second-order valence-corrected chi connectivity index (χ2v) is 11.9. The average molecular weight is 541 g/mol. The van der Waals surface area contributed by atoms with Crippen molar-refractivity contribution in [3.05, 3.63) is 83.9 Å². The Labute approximate surface area is 227 Å². The Morgan fingerprint density at radius 2 is 1.64 bits per heavy atom. The van der Waals surface area contributed by atoms with E-state index in [1.54, 1.807) is 30.3 Å². The van der Waals surface area contributed by atoms with Crippen molar-refractivity contribution in [2.24, 2.45) is 23.2 Å². The van der Waals surface area contributed by atoms with Crippen LogP contribution in [0.5, 0.6) is 0 Å². The fourth-order valence-electron chi connectivity index (χ4n) is 6.81. The SMILES string of the molecule is CC1(C)[C@H]2C[C@H](OC(=O)[C@H]([C@@H](O)Cc3ccccc3)C(F)(F)F)[C@](C)(OCc3cccc4ccccc34)[C@@H]1C2. The van der Waals surface area contributed by atoms with E-state index in [-0.39, 0.29) is 30.3 Å². The van der Waals surface area contributed by atoms with Gasteiger partial charge in [-0.1, -0.05) is 86.6 Å². The van der Waals surface area contributed by atoms with Gasteiger partial charge in [-0.05, 0) is 65.3 Å². The maximum atomic E-state index is 14.1. The van der Waals surface area contributed by atoms with Crippen LogP contribution in [0.2, 0.25) is 0 Å². The first-order valence-electron chi connectivity index (χ1n) is 13.5. The standard InChI is InChI=1S/C32H35F3O4/c1-30(2)23-17-26(30)31(3,38-19-22-14-9-13-21-12-7-8-15-24(21)22)27(18-23)39-29(37)28(32(33,34)35)25(36)16-20-10-5-4-6-11-20/h4-15,23,25-28,36H,16-19H2,1-3H3/t23-,25+,26-,27+,28+,31-/m1/s1. The van der Waals surface area contributed by atoms with E-state index in [9.17, 15) is 23.1 Å². The minimum atomic E-state index is -4.96. The van der Waals surface area contributed by atoms with Gasteiger partial charge in [0.05, 0.1) is 12.7 Å². The molecule has 0 aromatic heterocycles. The van der Waals surface area contributed by atoms with Crippen LogP contribution in [0.1, 0.15) is 44.7 Å². The molecule has 208 valence electrons. The number of ether oxygens (including phenoxy) is 2. The fourth-order valence-corrected chi connectivity index (χ4v) is 6.81. The van der Waals surface area contributed by atoms with Crippen molar-refractivity contribution < 1.29 is 32.5 Å². The van der Waals surface area contributed by atoms with Crippen LogP contribution in [0, 0.1) is 23.2 Å². The molecule has 4 nitrogen and oxygen atoms in total. The number of rotatable bonds is 8. The number of aliphatic hydroxyl groups is 1. The van der Waals surface area contributed by atoms with Gasteiger partial charge in [-0.15, -0.1) is 0 Å². The van der Waals surface area contributed by atoms with E-state index >= 15 is 0 Å². The van der Waals surface area contributed by atoms with E-state index in [2.05, 4.69) is 13.8 Å². The second kappa shape index (κ2) is 10.3. The van der Waals surface area contributed by atoms with E-state index in [0.717, 1.165) is 22.8 Å². The van der Waals surface area contributed by atoms with Gasteiger partial charge in [-0.2, -0.15) is 13.2 Å². The largest absolute Gasteiger partial charge is 0.459 e. The summed E-state index contributed by atoms with van der Waals surface area (Å²) in [5, 5.41) is 12.7. The molecule has 3 fully saturated rings. The number of benzene rings is 3. The maximum Gasteiger partial charge on any atom is 0.404 e. The molecular formula is C32H35F3O4. The Balaban J connectivity index is 1.38. The van der Waals surface area contributed by atoms with Crippen LogP contribution >= 0.6 is 0 Å². The number of fused-ring (bicyclic) bond motifs is 3. The number of aliphatic hydroxyl groups excluding tert-OH is 1. The second-order valence-electron chi connectivity index (χ2n) is 11.9. The molecule has 0 amide bonds. The fraction of sp³-hybridized carbons (Fsp3) is 0.469. The van der Waals surface area contributed by atoms with Gasteiger partial charge in [0.1, 0.15) is 11.7 Å². The number of hydrogen-bond acceptors (Lipinski definition) is 4. The highest BCUT2D eigenvalue weighted by atomic mass is 19.4. The van der Waals surface area contributed by atoms with Crippen LogP contribution in [0.3, 0.4) is 0 Å². The summed E-state index contributed by atoms with van der Waals surface area (Å²) in [5.74, 6) is -3.87. The molecule has 3 aromatic rings. The van der Waals surface area contributed by atoms with Gasteiger partial charge < -0.3 is 14.6 Å². The summed E-state index contributed by atoms with van der Waals surface area (Å²) >= 11 is 0. The van der Waals surface area contributed by atoms with E-state index in [1.165, 1.54) is 0 Å². The van der Waals surface area contributed by atoms with Gasteiger partial charge in [-0.3, -0.25) is 4.79 Å². The molecule has 3 aliphatic carbocycles. The highest BCUT2D eigenvalue weighted by Crippen LogP contribution is 2.64. The molecule has 0 heterocycles. The molecule has 6 rings (SSSR count). The van der Waals surface area contributed by atoms with E-state index < -0.39 is 35.9 Å². The third kappa shape index (κ3) is 5.19. The molecule has 1 N–H and O–H groups in total. The Kier molecular flexibility index (Phi) is 7.27. The number of halogens is 3. The topological polar surface area (TPSA) is 55.8 Å². The lowest BCUT2D eigenvalue weighted by Crippen LogP contribution is -2.68. The van der Waals surface area contributed by atoms with Gasteiger partial charge >= 0.3 is 12.1 Å². The van der Waals surface area contributed by atoms with Gasteiger partial charge in [0.15, 0.2) is 5.92 Å². The molecular weight excluding hydrogens is 505 g/mol. The normalized spacial score (nSPS) is 27.4. The first-order chi connectivity index (χ1) is 18.4. The molecule has 3 aromatic carbocycles. The quantitative estimate of drug-likeness (QED) is 0.317. The van der Waals surface area contributed by atoms with Crippen LogP contribution in [0.15, 0.2) is 72.8 Å². The van der Waals surface area contributed by atoms with Crippen molar-refractivity contribution in [2.75, 3.05) is 0 Å². The van der Waals surface area contributed by atoms with Crippen molar-refractivity contribution in [2.45, 2.75) is 70.6 Å². The van der Waals surface area contributed by atoms with Crippen LogP contribution in [-0.2, 0) is 27.3 Å². The number of alkyl halides is 3. The summed E-state index contributed by atoms with van der Waals surface area (Å²) in [4.78, 5) is 13.2. The summed E-state index contributed by atoms with van der Waals surface area (Å²) in [6, 6.07) is 22.2. The van der Waals surface area contributed by atoms with E-state index in [0.29, 0.717) is 12.0 Å². The zero-order valence-corrected chi connectivity index (χ0v) is 22.4. The Hall–Kier alpha value is -2.90. The molecule has 0 radical (unpaired) electrons. The summed E-state index contributed by atoms with van der Waals surface area (Å²) in [7, 11) is 0. The zero-order valence-electron chi connectivity index (χ0n) is 22.4. The summed E-state index contributed by atoms with van der Waals surface area (Å²) in [6.45, 7) is 6.39. The number of hydrogen-bond donors (Lipinski definition) is 1. The smallest absolute Gasteiger partial charge is 0.404 e. The lowest BCUT2D eigenvalue weighted by molar-refractivity contribution is -0.281. The molecule has 2 bridgehead atoms. The van der Waals surface area contributed by atoms with Crippen molar-refractivity contribution in [3.63, 3.8) is 0 Å². The number of esters is 1. The summed E-state index contributed by atoms with van der Waals surface area (Å²) in [6.07, 6.45) is -6.80. The Morgan fingerprint density at radius 3 is 2.33 bits per heavy atom. The van der Waals surface area contributed by atoms with Crippen LogP contribution in [-0.4, -0.2) is 35.1 Å². The summed E-state index contributed by atoms with van der Waals surface area (Å²) < 4.78 is 54.6. The lowest BCUT2D eigenvalue weighted by Gasteiger charge is -2.65.